The first kappa shape index (κ1) is 54.7. The van der Waals surface area contributed by atoms with Crippen LogP contribution in [0.2, 0.25) is 0 Å². The summed E-state index contributed by atoms with van der Waals surface area (Å²) in [6.45, 7) is 46.9. The molecular weight excluding hydrogens is 579 g/mol. The molecule has 0 aromatic carbocycles. The Kier molecular flexibility index (Phi) is 36.1. The molecule has 1 nitrogen and oxygen atoms in total. The minimum Gasteiger partial charge on any atom is -0.298 e. The molecule has 3 saturated carbocycles. The second kappa shape index (κ2) is 31.7. The molecule has 0 amide bonds. The molecule has 0 radical (unpaired) electrons. The molecule has 0 aromatic heterocycles. The van der Waals surface area contributed by atoms with E-state index in [1.807, 2.05) is 55.4 Å². The van der Waals surface area contributed by atoms with E-state index in [9.17, 15) is 0 Å². The fourth-order valence-electron chi connectivity index (χ4n) is 7.47. The zero-order valence-corrected chi connectivity index (χ0v) is 38.3. The van der Waals surface area contributed by atoms with Crippen LogP contribution in [0.15, 0.2) is 0 Å². The third-order valence-corrected chi connectivity index (χ3v) is 10.8. The van der Waals surface area contributed by atoms with Crippen LogP contribution in [0.5, 0.6) is 0 Å². The maximum Gasteiger partial charge on any atom is 0.0125 e. The molecule has 296 valence electrons. The molecule has 0 unspecified atom stereocenters. The van der Waals surface area contributed by atoms with Crippen LogP contribution < -0.4 is 0 Å². The number of nitrogens with zero attached hydrogens (tertiary/aromatic N) is 1. The highest BCUT2D eigenvalue weighted by molar-refractivity contribution is 4.79. The zero-order chi connectivity index (χ0) is 38.5. The minimum atomic E-state index is 0.403. The van der Waals surface area contributed by atoms with Gasteiger partial charge in [0.25, 0.3) is 0 Å². The van der Waals surface area contributed by atoms with Crippen molar-refractivity contribution in [3.05, 3.63) is 0 Å². The van der Waals surface area contributed by atoms with Crippen LogP contribution in [0.1, 0.15) is 254 Å². The molecule has 0 atom stereocenters. The second-order valence-electron chi connectivity index (χ2n) is 18.3. The lowest BCUT2D eigenvalue weighted by Gasteiger charge is -2.38. The Morgan fingerprint density at radius 2 is 0.479 bits per heavy atom. The van der Waals surface area contributed by atoms with E-state index in [4.69, 9.17) is 0 Å². The minimum absolute atomic E-state index is 0.403. The summed E-state index contributed by atoms with van der Waals surface area (Å²) in [6.07, 6.45) is 26.4. The summed E-state index contributed by atoms with van der Waals surface area (Å²) < 4.78 is 0. The van der Waals surface area contributed by atoms with Gasteiger partial charge in [0.2, 0.25) is 0 Å². The maximum absolute atomic E-state index is 2.58. The van der Waals surface area contributed by atoms with Gasteiger partial charge < -0.3 is 0 Å². The van der Waals surface area contributed by atoms with E-state index in [-0.39, 0.29) is 0 Å². The van der Waals surface area contributed by atoms with Gasteiger partial charge in [0.15, 0.2) is 0 Å². The SMILES string of the molecule is CC.CC.CC.CC.CC(C)(C)C1CCCCC1.CC(C)(C)C1CCCCC1.CC(C)(C)C1CCCCC1.CC(C)(C)N1CCCCC1. The van der Waals surface area contributed by atoms with Gasteiger partial charge in [-0.15, -0.1) is 0 Å². The van der Waals surface area contributed by atoms with E-state index in [1.165, 1.54) is 129 Å². The normalized spacial score (nSPS) is 19.8. The summed E-state index contributed by atoms with van der Waals surface area (Å²) in [5.74, 6) is 3.00. The average Bonchev–Trinajstić information content (AvgIpc) is 3.09. The second-order valence-corrected chi connectivity index (χ2v) is 18.3. The van der Waals surface area contributed by atoms with E-state index in [1.54, 1.807) is 0 Å². The molecule has 4 rings (SSSR count). The summed E-state index contributed by atoms with van der Waals surface area (Å²) in [5.41, 5.74) is 2.11. The molecule has 0 aromatic rings. The Morgan fingerprint density at radius 1 is 0.292 bits per heavy atom. The van der Waals surface area contributed by atoms with Crippen molar-refractivity contribution in [2.75, 3.05) is 13.1 Å². The standard InChI is InChI=1S/3C10H20.C9H19N.4C2H6/c3*1-10(2,3)9-7-5-4-6-8-9;1-9(2,3)10-7-5-4-6-8-10;4*1-2/h3*9H,4-8H2,1-3H3;4-8H2,1-3H3;4*1-2H3. The van der Waals surface area contributed by atoms with Crippen molar-refractivity contribution in [2.24, 2.45) is 34.0 Å². The Labute approximate surface area is 310 Å². The van der Waals surface area contributed by atoms with Crippen molar-refractivity contribution >= 4 is 0 Å². The zero-order valence-electron chi connectivity index (χ0n) is 38.3. The van der Waals surface area contributed by atoms with Crippen molar-refractivity contribution in [3.63, 3.8) is 0 Å². The first-order valence-corrected chi connectivity index (χ1v) is 22.2. The van der Waals surface area contributed by atoms with Gasteiger partial charge in [-0.2, -0.15) is 0 Å². The summed E-state index contributed by atoms with van der Waals surface area (Å²) in [5, 5.41) is 0. The van der Waals surface area contributed by atoms with Crippen LogP contribution in [0, 0.1) is 34.0 Å². The summed E-state index contributed by atoms with van der Waals surface area (Å²) in [7, 11) is 0. The lowest BCUT2D eigenvalue weighted by molar-refractivity contribution is 0.111. The number of piperidine rings is 1. The molecule has 0 bridgehead atoms. The van der Waals surface area contributed by atoms with E-state index in [2.05, 4.69) is 88.0 Å². The predicted octanol–water partition coefficient (Wildman–Crippen LogP) is 17.2. The molecule has 48 heavy (non-hydrogen) atoms. The third-order valence-electron chi connectivity index (χ3n) is 10.8. The molecule has 0 N–H and O–H groups in total. The van der Waals surface area contributed by atoms with Crippen LogP contribution in [-0.2, 0) is 0 Å². The summed E-state index contributed by atoms with van der Waals surface area (Å²) in [6, 6.07) is 0. The highest BCUT2D eigenvalue weighted by atomic mass is 15.2. The molecule has 1 saturated heterocycles. The van der Waals surface area contributed by atoms with Crippen molar-refractivity contribution in [3.8, 4) is 0 Å². The monoisotopic (exact) mass is 682 g/mol. The number of hydrogen-bond acceptors (Lipinski definition) is 1. The smallest absolute Gasteiger partial charge is 0.0125 e. The lowest BCUT2D eigenvalue weighted by atomic mass is 9.72. The van der Waals surface area contributed by atoms with Gasteiger partial charge >= 0.3 is 0 Å². The van der Waals surface area contributed by atoms with Crippen LogP contribution in [0.3, 0.4) is 0 Å². The van der Waals surface area contributed by atoms with Gasteiger partial charge in [0.1, 0.15) is 0 Å². The largest absolute Gasteiger partial charge is 0.298 e. The molecular formula is C47H103N. The number of hydrogen-bond donors (Lipinski definition) is 0. The number of likely N-dealkylation sites (tertiary alicyclic amines) is 1. The predicted molar refractivity (Wildman–Crippen MR) is 229 cm³/mol. The number of rotatable bonds is 0. The molecule has 3 aliphatic carbocycles. The molecule has 1 heterocycles. The Bertz CT molecular complexity index is 483. The molecule has 1 aliphatic heterocycles. The van der Waals surface area contributed by atoms with Crippen molar-refractivity contribution in [1.82, 2.24) is 4.90 Å². The first-order valence-electron chi connectivity index (χ1n) is 22.2. The van der Waals surface area contributed by atoms with E-state index >= 15 is 0 Å². The fourth-order valence-corrected chi connectivity index (χ4v) is 7.47. The van der Waals surface area contributed by atoms with Crippen LogP contribution >= 0.6 is 0 Å². The van der Waals surface area contributed by atoms with Crippen LogP contribution in [0.25, 0.3) is 0 Å². The highest BCUT2D eigenvalue weighted by Gasteiger charge is 2.27. The van der Waals surface area contributed by atoms with Gasteiger partial charge in [-0.3, -0.25) is 4.90 Å². The quantitative estimate of drug-likeness (QED) is 0.246. The van der Waals surface area contributed by atoms with Crippen LogP contribution in [-0.4, -0.2) is 23.5 Å². The van der Waals surface area contributed by atoms with Crippen molar-refractivity contribution in [2.45, 2.75) is 260 Å². The molecule has 4 fully saturated rings. The highest BCUT2D eigenvalue weighted by Crippen LogP contribution is 2.39. The van der Waals surface area contributed by atoms with Crippen molar-refractivity contribution in [1.29, 1.82) is 0 Å². The third kappa shape index (κ3) is 29.7. The topological polar surface area (TPSA) is 3.24 Å². The lowest BCUT2D eigenvalue weighted by Crippen LogP contribution is -2.44. The van der Waals surface area contributed by atoms with Gasteiger partial charge in [-0.25, -0.2) is 0 Å². The molecule has 0 spiro atoms. The van der Waals surface area contributed by atoms with Crippen molar-refractivity contribution < 1.29 is 0 Å². The first-order chi connectivity index (χ1) is 22.4. The Morgan fingerprint density at radius 3 is 0.604 bits per heavy atom. The van der Waals surface area contributed by atoms with Gasteiger partial charge in [0.05, 0.1) is 0 Å². The maximum atomic E-state index is 2.58. The molecule has 4 aliphatic rings. The van der Waals surface area contributed by atoms with E-state index in [0.29, 0.717) is 21.8 Å². The fraction of sp³-hybridized carbons (Fsp3) is 1.00. The molecule has 1 heteroatoms. The Balaban J connectivity index is -0.000000251. The van der Waals surface area contributed by atoms with E-state index in [0.717, 1.165) is 17.8 Å². The van der Waals surface area contributed by atoms with Gasteiger partial charge in [-0.1, -0.05) is 182 Å². The average molecular weight is 682 g/mol. The van der Waals surface area contributed by atoms with E-state index < -0.39 is 0 Å². The van der Waals surface area contributed by atoms with Crippen LogP contribution in [0.4, 0.5) is 0 Å². The Hall–Kier alpha value is -0.0400. The van der Waals surface area contributed by atoms with Gasteiger partial charge in [0, 0.05) is 5.54 Å². The summed E-state index contributed by atoms with van der Waals surface area (Å²) >= 11 is 0. The summed E-state index contributed by atoms with van der Waals surface area (Å²) in [4.78, 5) is 2.58. The van der Waals surface area contributed by atoms with Gasteiger partial charge in [-0.05, 0) is 119 Å².